The zero-order chi connectivity index (χ0) is 14.3. The lowest BCUT2D eigenvalue weighted by molar-refractivity contribution is 0.414. The van der Waals surface area contributed by atoms with Crippen molar-refractivity contribution in [1.29, 1.82) is 0 Å². The lowest BCUT2D eigenvalue weighted by Gasteiger charge is -2.36. The van der Waals surface area contributed by atoms with E-state index in [1.54, 1.807) is 7.11 Å². The van der Waals surface area contributed by atoms with E-state index >= 15 is 0 Å². The molecule has 0 spiro atoms. The van der Waals surface area contributed by atoms with Crippen molar-refractivity contribution >= 4 is 23.0 Å². The highest BCUT2D eigenvalue weighted by molar-refractivity contribution is 6.31. The summed E-state index contributed by atoms with van der Waals surface area (Å²) in [6, 6.07) is 11.8. The maximum absolute atomic E-state index is 6.42. The van der Waals surface area contributed by atoms with Gasteiger partial charge in [-0.3, -0.25) is 0 Å². The van der Waals surface area contributed by atoms with E-state index < -0.39 is 0 Å². The Balaban J connectivity index is 2.21. The second-order valence-corrected chi connectivity index (χ2v) is 5.29. The predicted molar refractivity (Wildman–Crippen MR) is 83.2 cm³/mol. The highest BCUT2D eigenvalue weighted by atomic mass is 35.5. The van der Waals surface area contributed by atoms with E-state index in [0.717, 1.165) is 39.8 Å². The van der Waals surface area contributed by atoms with Crippen molar-refractivity contribution < 1.29 is 4.74 Å². The molecule has 0 bridgehead atoms. The molecule has 1 unspecified atom stereocenters. The highest BCUT2D eigenvalue weighted by Gasteiger charge is 2.28. The Labute approximate surface area is 123 Å². The SMILES string of the molecule is CCN1c2ccc(OC)cc2C(N)c2ccc(Cl)cc21. The van der Waals surface area contributed by atoms with Crippen LogP contribution >= 0.6 is 11.6 Å². The smallest absolute Gasteiger partial charge is 0.119 e. The number of ether oxygens (including phenoxy) is 1. The molecule has 0 aromatic heterocycles. The summed E-state index contributed by atoms with van der Waals surface area (Å²) < 4.78 is 5.31. The van der Waals surface area contributed by atoms with Gasteiger partial charge in [-0.25, -0.2) is 0 Å². The third-order valence-electron chi connectivity index (χ3n) is 3.80. The molecule has 0 fully saturated rings. The molecule has 1 atom stereocenters. The van der Waals surface area contributed by atoms with Gasteiger partial charge in [0.2, 0.25) is 0 Å². The van der Waals surface area contributed by atoms with Gasteiger partial charge in [0.05, 0.1) is 13.2 Å². The van der Waals surface area contributed by atoms with Gasteiger partial charge in [0.15, 0.2) is 0 Å². The lowest BCUT2D eigenvalue weighted by atomic mass is 9.91. The summed E-state index contributed by atoms with van der Waals surface area (Å²) in [5.74, 6) is 0.827. The zero-order valence-electron chi connectivity index (χ0n) is 11.6. The third kappa shape index (κ3) is 1.94. The van der Waals surface area contributed by atoms with Gasteiger partial charge in [-0.15, -0.1) is 0 Å². The Hall–Kier alpha value is -1.71. The number of nitrogens with two attached hydrogens (primary N) is 1. The fraction of sp³-hybridized carbons (Fsp3) is 0.250. The normalized spacial score (nSPS) is 16.6. The molecule has 3 rings (SSSR count). The van der Waals surface area contributed by atoms with Gasteiger partial charge < -0.3 is 15.4 Å². The summed E-state index contributed by atoms with van der Waals surface area (Å²) in [4.78, 5) is 2.24. The van der Waals surface area contributed by atoms with Gasteiger partial charge in [0.1, 0.15) is 5.75 Å². The first-order valence-electron chi connectivity index (χ1n) is 6.66. The van der Waals surface area contributed by atoms with Crippen LogP contribution in [0.3, 0.4) is 0 Å². The van der Waals surface area contributed by atoms with Crippen LogP contribution in [0.2, 0.25) is 5.02 Å². The Bertz CT molecular complexity index is 657. The van der Waals surface area contributed by atoms with Gasteiger partial charge in [0.25, 0.3) is 0 Å². The van der Waals surface area contributed by atoms with Gasteiger partial charge in [-0.2, -0.15) is 0 Å². The number of methoxy groups -OCH3 is 1. The van der Waals surface area contributed by atoms with Crippen molar-refractivity contribution in [3.8, 4) is 5.75 Å². The molecule has 0 aliphatic carbocycles. The number of rotatable bonds is 2. The van der Waals surface area contributed by atoms with Crippen LogP contribution in [0.4, 0.5) is 11.4 Å². The van der Waals surface area contributed by atoms with E-state index in [0.29, 0.717) is 0 Å². The molecule has 4 heteroatoms. The van der Waals surface area contributed by atoms with E-state index in [1.807, 2.05) is 30.3 Å². The number of halogens is 1. The summed E-state index contributed by atoms with van der Waals surface area (Å²) in [7, 11) is 1.67. The van der Waals surface area contributed by atoms with E-state index in [1.165, 1.54) is 0 Å². The van der Waals surface area contributed by atoms with Gasteiger partial charge in [0, 0.05) is 28.5 Å². The topological polar surface area (TPSA) is 38.5 Å². The van der Waals surface area contributed by atoms with Crippen LogP contribution < -0.4 is 15.4 Å². The molecule has 1 heterocycles. The summed E-state index contributed by atoms with van der Waals surface area (Å²) >= 11 is 6.13. The second kappa shape index (κ2) is 5.00. The fourth-order valence-electron chi connectivity index (χ4n) is 2.81. The number of fused-ring (bicyclic) bond motifs is 2. The Kier molecular flexibility index (Phi) is 3.32. The van der Waals surface area contributed by atoms with E-state index in [4.69, 9.17) is 22.1 Å². The molecule has 2 N–H and O–H groups in total. The van der Waals surface area contributed by atoms with E-state index in [2.05, 4.69) is 17.9 Å². The monoisotopic (exact) mass is 288 g/mol. The summed E-state index contributed by atoms with van der Waals surface area (Å²) in [6.45, 7) is 2.98. The van der Waals surface area contributed by atoms with Crippen LogP contribution in [0.15, 0.2) is 36.4 Å². The molecule has 2 aromatic carbocycles. The average Bonchev–Trinajstić information content (AvgIpc) is 2.47. The number of anilines is 2. The first kappa shape index (κ1) is 13.3. The van der Waals surface area contributed by atoms with E-state index in [-0.39, 0.29) is 6.04 Å². The van der Waals surface area contributed by atoms with Gasteiger partial charge in [-0.05, 0) is 42.8 Å². The first-order chi connectivity index (χ1) is 9.65. The minimum absolute atomic E-state index is 0.157. The van der Waals surface area contributed by atoms with Crippen molar-refractivity contribution in [3.05, 3.63) is 52.5 Å². The number of nitrogens with zero attached hydrogens (tertiary/aromatic N) is 1. The molecule has 2 aromatic rings. The second-order valence-electron chi connectivity index (χ2n) is 4.85. The van der Waals surface area contributed by atoms with Crippen molar-refractivity contribution in [3.63, 3.8) is 0 Å². The quantitative estimate of drug-likeness (QED) is 0.912. The average molecular weight is 289 g/mol. The van der Waals surface area contributed by atoms with Crippen LogP contribution in [-0.2, 0) is 0 Å². The van der Waals surface area contributed by atoms with Gasteiger partial charge >= 0.3 is 0 Å². The van der Waals surface area contributed by atoms with Crippen LogP contribution in [0.5, 0.6) is 5.75 Å². The van der Waals surface area contributed by atoms with Crippen LogP contribution in [0.25, 0.3) is 0 Å². The largest absolute Gasteiger partial charge is 0.497 e. The van der Waals surface area contributed by atoms with Crippen LogP contribution in [0, 0.1) is 0 Å². The summed E-state index contributed by atoms with van der Waals surface area (Å²) in [5.41, 5.74) is 10.8. The minimum atomic E-state index is -0.157. The van der Waals surface area contributed by atoms with Crippen molar-refractivity contribution in [1.82, 2.24) is 0 Å². The van der Waals surface area contributed by atoms with Crippen molar-refractivity contribution in [2.45, 2.75) is 13.0 Å². The summed E-state index contributed by atoms with van der Waals surface area (Å²) in [5, 5.41) is 0.728. The molecule has 20 heavy (non-hydrogen) atoms. The third-order valence-corrected chi connectivity index (χ3v) is 4.03. The molecular weight excluding hydrogens is 272 g/mol. The van der Waals surface area contributed by atoms with Crippen LogP contribution in [-0.4, -0.2) is 13.7 Å². The standard InChI is InChI=1S/C16H17ClN2O/c1-3-19-14-7-5-11(20-2)9-13(14)16(18)12-6-4-10(17)8-15(12)19/h4-9,16H,3,18H2,1-2H3. The first-order valence-corrected chi connectivity index (χ1v) is 7.04. The number of hydrogen-bond donors (Lipinski definition) is 1. The predicted octanol–water partition coefficient (Wildman–Crippen LogP) is 3.87. The molecule has 0 saturated carbocycles. The molecule has 1 aliphatic rings. The molecule has 0 radical (unpaired) electrons. The Morgan fingerprint density at radius 3 is 2.65 bits per heavy atom. The van der Waals surface area contributed by atoms with Crippen molar-refractivity contribution in [2.24, 2.45) is 5.73 Å². The Morgan fingerprint density at radius 2 is 1.95 bits per heavy atom. The summed E-state index contributed by atoms with van der Waals surface area (Å²) in [6.07, 6.45) is 0. The maximum atomic E-state index is 6.42. The maximum Gasteiger partial charge on any atom is 0.119 e. The molecule has 3 nitrogen and oxygen atoms in total. The minimum Gasteiger partial charge on any atom is -0.497 e. The van der Waals surface area contributed by atoms with Crippen LogP contribution in [0.1, 0.15) is 24.1 Å². The molecule has 0 saturated heterocycles. The fourth-order valence-corrected chi connectivity index (χ4v) is 2.97. The molecule has 104 valence electrons. The number of hydrogen-bond acceptors (Lipinski definition) is 3. The van der Waals surface area contributed by atoms with E-state index in [9.17, 15) is 0 Å². The molecular formula is C16H17ClN2O. The zero-order valence-corrected chi connectivity index (χ0v) is 12.3. The van der Waals surface area contributed by atoms with Gasteiger partial charge in [-0.1, -0.05) is 17.7 Å². The van der Waals surface area contributed by atoms with Crippen molar-refractivity contribution in [2.75, 3.05) is 18.6 Å². The highest BCUT2D eigenvalue weighted by Crippen LogP contribution is 2.45. The molecule has 1 aliphatic heterocycles. The number of benzene rings is 2. The molecule has 0 amide bonds. The Morgan fingerprint density at radius 1 is 1.15 bits per heavy atom. The lowest BCUT2D eigenvalue weighted by Crippen LogP contribution is -2.28.